The van der Waals surface area contributed by atoms with E-state index in [1.807, 2.05) is 37.4 Å². The zero-order valence-corrected chi connectivity index (χ0v) is 21.5. The van der Waals surface area contributed by atoms with Gasteiger partial charge in [0.2, 0.25) is 0 Å². The Morgan fingerprint density at radius 1 is 1.06 bits per heavy atom. The van der Waals surface area contributed by atoms with Gasteiger partial charge in [-0.05, 0) is 79.6 Å². The summed E-state index contributed by atoms with van der Waals surface area (Å²) in [5.41, 5.74) is 4.42. The smallest absolute Gasteiger partial charge is 0.293 e. The van der Waals surface area contributed by atoms with E-state index in [2.05, 4.69) is 52.5 Å². The summed E-state index contributed by atoms with van der Waals surface area (Å²) in [6.07, 6.45) is 5.62. The van der Waals surface area contributed by atoms with Crippen LogP contribution in [0.15, 0.2) is 52.0 Å². The fraction of sp³-hybridized carbons (Fsp3) is 0.308. The van der Waals surface area contributed by atoms with E-state index in [0.717, 1.165) is 51.3 Å². The fourth-order valence-electron chi connectivity index (χ4n) is 3.81. The molecule has 7 heteroatoms. The van der Waals surface area contributed by atoms with Crippen molar-refractivity contribution in [2.75, 3.05) is 13.2 Å². The Kier molecular flexibility index (Phi) is 7.29. The van der Waals surface area contributed by atoms with Crippen molar-refractivity contribution >= 4 is 55.8 Å². The molecule has 0 saturated carbocycles. The number of amides is 2. The molecule has 5 nitrogen and oxygen atoms in total. The second-order valence-corrected chi connectivity index (χ2v) is 10.1. The summed E-state index contributed by atoms with van der Waals surface area (Å²) in [5, 5.41) is 0.835. The zero-order chi connectivity index (χ0) is 23.5. The second kappa shape index (κ2) is 10.2. The zero-order valence-electron chi connectivity index (χ0n) is 19.1. The molecule has 0 atom stereocenters. The average molecular weight is 527 g/mol. The maximum absolute atomic E-state index is 12.8. The van der Waals surface area contributed by atoms with Gasteiger partial charge in [0, 0.05) is 33.7 Å². The van der Waals surface area contributed by atoms with Crippen LogP contribution in [0.25, 0.3) is 17.0 Å². The van der Waals surface area contributed by atoms with E-state index in [-0.39, 0.29) is 11.1 Å². The van der Waals surface area contributed by atoms with Crippen molar-refractivity contribution in [3.8, 4) is 5.75 Å². The van der Waals surface area contributed by atoms with Gasteiger partial charge in [-0.15, -0.1) is 0 Å². The first kappa shape index (κ1) is 23.6. The van der Waals surface area contributed by atoms with Gasteiger partial charge in [0.1, 0.15) is 12.4 Å². The molecule has 0 N–H and O–H groups in total. The molecule has 1 aliphatic heterocycles. The van der Waals surface area contributed by atoms with E-state index in [1.165, 1.54) is 16.0 Å². The predicted molar refractivity (Wildman–Crippen MR) is 139 cm³/mol. The molecule has 0 radical (unpaired) electrons. The minimum atomic E-state index is -0.201. The lowest BCUT2D eigenvalue weighted by atomic mass is 10.1. The second-order valence-electron chi connectivity index (χ2n) is 8.22. The molecule has 0 unspecified atom stereocenters. The molecule has 1 fully saturated rings. The van der Waals surface area contributed by atoms with E-state index in [1.54, 1.807) is 0 Å². The average Bonchev–Trinajstić information content (AvgIpc) is 3.25. The van der Waals surface area contributed by atoms with E-state index >= 15 is 0 Å². The fourth-order valence-corrected chi connectivity index (χ4v) is 5.03. The number of carbonyl (C=O) groups excluding carboxylic acids is 2. The van der Waals surface area contributed by atoms with Crippen molar-refractivity contribution in [1.82, 2.24) is 9.47 Å². The highest BCUT2D eigenvalue weighted by atomic mass is 79.9. The molecule has 33 heavy (non-hydrogen) atoms. The number of carbonyl (C=O) groups is 2. The Balaban J connectivity index is 1.57. The molecule has 0 bridgehead atoms. The van der Waals surface area contributed by atoms with E-state index in [4.69, 9.17) is 4.74 Å². The van der Waals surface area contributed by atoms with Gasteiger partial charge in [0.05, 0.1) is 11.4 Å². The van der Waals surface area contributed by atoms with Crippen LogP contribution in [0.5, 0.6) is 5.75 Å². The Morgan fingerprint density at radius 3 is 2.64 bits per heavy atom. The summed E-state index contributed by atoms with van der Waals surface area (Å²) in [6.45, 7) is 7.87. The molecule has 1 aromatic heterocycles. The van der Waals surface area contributed by atoms with Crippen molar-refractivity contribution in [1.29, 1.82) is 0 Å². The van der Waals surface area contributed by atoms with Gasteiger partial charge in [0.15, 0.2) is 0 Å². The summed E-state index contributed by atoms with van der Waals surface area (Å²) in [5.74, 6) is 0.658. The van der Waals surface area contributed by atoms with Gasteiger partial charge in [-0.3, -0.25) is 14.5 Å². The van der Waals surface area contributed by atoms with Crippen molar-refractivity contribution < 1.29 is 14.3 Å². The number of hydrogen-bond acceptors (Lipinski definition) is 4. The number of aryl methyl sites for hydroxylation is 2. The van der Waals surface area contributed by atoms with Crippen molar-refractivity contribution in [3.63, 3.8) is 0 Å². The van der Waals surface area contributed by atoms with Crippen LogP contribution < -0.4 is 4.74 Å². The van der Waals surface area contributed by atoms with Gasteiger partial charge in [-0.25, -0.2) is 0 Å². The standard InChI is InChI=1S/C26H27BrN2O3S/c1-4-5-10-29-25(30)24(33-26(29)31)14-19-16-28(23-9-7-20(27)15-22(19)23)11-12-32-21-8-6-17(2)18(3)13-21/h6-9,13-16H,4-5,10-12H2,1-3H3/b24-14-. The SMILES string of the molecule is CCCCN1C(=O)S/C(=C\c2cn(CCOc3ccc(C)c(C)c3)c3ccc(Br)cc23)C1=O. The molecule has 4 rings (SSSR count). The van der Waals surface area contributed by atoms with E-state index in [9.17, 15) is 9.59 Å². The summed E-state index contributed by atoms with van der Waals surface area (Å²) in [7, 11) is 0. The lowest BCUT2D eigenvalue weighted by molar-refractivity contribution is -0.122. The molecule has 3 aromatic rings. The number of halogens is 1. The predicted octanol–water partition coefficient (Wildman–Crippen LogP) is 6.94. The Bertz CT molecular complexity index is 1250. The van der Waals surface area contributed by atoms with Crippen LogP contribution in [0, 0.1) is 13.8 Å². The van der Waals surface area contributed by atoms with E-state index < -0.39 is 0 Å². The monoisotopic (exact) mass is 526 g/mol. The van der Waals surface area contributed by atoms with Crippen LogP contribution in [0.1, 0.15) is 36.5 Å². The number of imide groups is 1. The van der Waals surface area contributed by atoms with Crippen LogP contribution in [-0.2, 0) is 11.3 Å². The van der Waals surface area contributed by atoms with Crippen LogP contribution in [0.3, 0.4) is 0 Å². The van der Waals surface area contributed by atoms with Gasteiger partial charge in [-0.2, -0.15) is 0 Å². The maximum Gasteiger partial charge on any atom is 0.293 e. The maximum atomic E-state index is 12.8. The summed E-state index contributed by atoms with van der Waals surface area (Å²) >= 11 is 4.57. The van der Waals surface area contributed by atoms with E-state index in [0.29, 0.717) is 24.6 Å². The normalized spacial score (nSPS) is 15.3. The molecule has 1 aliphatic rings. The minimum absolute atomic E-state index is 0.189. The molecule has 0 aliphatic carbocycles. The quantitative estimate of drug-likeness (QED) is 0.298. The molecular formula is C26H27BrN2O3S. The van der Waals surface area contributed by atoms with Crippen LogP contribution in [0.4, 0.5) is 4.79 Å². The van der Waals surface area contributed by atoms with Gasteiger partial charge >= 0.3 is 0 Å². The number of ether oxygens (including phenoxy) is 1. The first-order chi connectivity index (χ1) is 15.9. The summed E-state index contributed by atoms with van der Waals surface area (Å²) < 4.78 is 9.09. The molecule has 2 amide bonds. The first-order valence-corrected chi connectivity index (χ1v) is 12.7. The van der Waals surface area contributed by atoms with Crippen molar-refractivity contribution in [3.05, 3.63) is 68.7 Å². The Hall–Kier alpha value is -2.51. The largest absolute Gasteiger partial charge is 0.492 e. The summed E-state index contributed by atoms with van der Waals surface area (Å²) in [4.78, 5) is 27.0. The molecule has 1 saturated heterocycles. The lowest BCUT2D eigenvalue weighted by Gasteiger charge is -2.10. The molecule has 0 spiro atoms. The number of thioether (sulfide) groups is 1. The minimum Gasteiger partial charge on any atom is -0.492 e. The number of rotatable bonds is 8. The number of nitrogens with zero attached hydrogens (tertiary/aromatic N) is 2. The number of benzene rings is 2. The van der Waals surface area contributed by atoms with Crippen LogP contribution in [0.2, 0.25) is 0 Å². The molecule has 2 aromatic carbocycles. The molecule has 172 valence electrons. The molecular weight excluding hydrogens is 500 g/mol. The Labute approximate surface area is 206 Å². The number of hydrogen-bond donors (Lipinski definition) is 0. The van der Waals surface area contributed by atoms with Gasteiger partial charge < -0.3 is 9.30 Å². The van der Waals surface area contributed by atoms with Gasteiger partial charge in [-0.1, -0.05) is 35.3 Å². The summed E-state index contributed by atoms with van der Waals surface area (Å²) in [6, 6.07) is 12.2. The third-order valence-electron chi connectivity index (χ3n) is 5.85. The first-order valence-electron chi connectivity index (χ1n) is 11.1. The van der Waals surface area contributed by atoms with Crippen molar-refractivity contribution in [2.24, 2.45) is 0 Å². The van der Waals surface area contributed by atoms with Gasteiger partial charge in [0.25, 0.3) is 11.1 Å². The number of aromatic nitrogens is 1. The third-order valence-corrected chi connectivity index (χ3v) is 7.25. The van der Waals surface area contributed by atoms with Crippen LogP contribution >= 0.6 is 27.7 Å². The molecule has 2 heterocycles. The third kappa shape index (κ3) is 5.20. The number of unbranched alkanes of at least 4 members (excludes halogenated alkanes) is 1. The van der Waals surface area contributed by atoms with Crippen molar-refractivity contribution in [2.45, 2.75) is 40.2 Å². The Morgan fingerprint density at radius 2 is 1.88 bits per heavy atom. The topological polar surface area (TPSA) is 51.5 Å². The number of fused-ring (bicyclic) bond motifs is 1. The highest BCUT2D eigenvalue weighted by molar-refractivity contribution is 9.10. The highest BCUT2D eigenvalue weighted by Gasteiger charge is 2.34. The van der Waals surface area contributed by atoms with Crippen LogP contribution in [-0.4, -0.2) is 33.8 Å². The lowest BCUT2D eigenvalue weighted by Crippen LogP contribution is -2.29. The highest BCUT2D eigenvalue weighted by Crippen LogP contribution is 2.35.